The molecule has 0 aromatic heterocycles. The number of benzene rings is 1. The number of rotatable bonds is 5. The molecule has 3 heteroatoms. The van der Waals surface area contributed by atoms with Crippen LogP contribution in [-0.4, -0.2) is 19.3 Å². The first-order valence-corrected chi connectivity index (χ1v) is 4.92. The summed E-state index contributed by atoms with van der Waals surface area (Å²) in [6.45, 7) is 3.71. The van der Waals surface area contributed by atoms with Crippen molar-refractivity contribution in [3.63, 3.8) is 0 Å². The van der Waals surface area contributed by atoms with E-state index >= 15 is 0 Å². The predicted molar refractivity (Wildman–Crippen MR) is 59.1 cm³/mol. The molecule has 1 aromatic rings. The average Bonchev–Trinajstić information content (AvgIpc) is 2.28. The van der Waals surface area contributed by atoms with E-state index in [0.29, 0.717) is 24.3 Å². The maximum Gasteiger partial charge on any atom is 0.161 e. The molecule has 1 aromatic carbocycles. The number of hydrogen-bond acceptors (Lipinski definition) is 3. The van der Waals surface area contributed by atoms with Crippen LogP contribution in [0.2, 0.25) is 0 Å². The van der Waals surface area contributed by atoms with E-state index in [1.807, 2.05) is 6.07 Å². The molecule has 0 saturated carbocycles. The molecule has 1 unspecified atom stereocenters. The van der Waals surface area contributed by atoms with Crippen molar-refractivity contribution in [1.82, 2.24) is 0 Å². The third kappa shape index (κ3) is 2.86. The molecule has 0 saturated heterocycles. The average molecular weight is 209 g/mol. The minimum atomic E-state index is -0.484. The lowest BCUT2D eigenvalue weighted by atomic mass is 10.0. The Bertz CT molecular complexity index is 310. The van der Waals surface area contributed by atoms with Gasteiger partial charge in [0.15, 0.2) is 11.5 Å². The molecule has 0 heterocycles. The van der Waals surface area contributed by atoms with Crippen LogP contribution in [0.1, 0.15) is 24.5 Å². The van der Waals surface area contributed by atoms with E-state index in [9.17, 15) is 5.11 Å². The third-order valence-corrected chi connectivity index (χ3v) is 2.27. The number of methoxy groups -OCH3 is 2. The summed E-state index contributed by atoms with van der Waals surface area (Å²) in [5.74, 6) is 1.31. The summed E-state index contributed by atoms with van der Waals surface area (Å²) in [5, 5.41) is 9.77. The van der Waals surface area contributed by atoms with Crippen molar-refractivity contribution in [3.8, 4) is 11.5 Å². The zero-order valence-electron chi connectivity index (χ0n) is 9.19. The molecule has 15 heavy (non-hydrogen) atoms. The topological polar surface area (TPSA) is 38.7 Å². The molecule has 0 spiro atoms. The van der Waals surface area contributed by atoms with Gasteiger partial charge < -0.3 is 14.6 Å². The van der Waals surface area contributed by atoms with Crippen molar-refractivity contribution < 1.29 is 14.6 Å². The van der Waals surface area contributed by atoms with Crippen LogP contribution in [0.4, 0.5) is 0 Å². The molecule has 1 rings (SSSR count). The predicted octanol–water partition coefficient (Wildman–Crippen LogP) is 2.35. The van der Waals surface area contributed by atoms with E-state index < -0.39 is 6.10 Å². The summed E-state index contributed by atoms with van der Waals surface area (Å²) in [6.07, 6.45) is 0.868. The molecule has 0 aliphatic carbocycles. The Morgan fingerprint density at radius 3 is 2.47 bits per heavy atom. The zero-order valence-corrected chi connectivity index (χ0v) is 9.19. The van der Waals surface area contributed by atoms with E-state index in [1.54, 1.807) is 26.4 Å². The highest BCUT2D eigenvalue weighted by molar-refractivity contribution is 5.43. The molecule has 1 atom stereocenters. The van der Waals surface area contributed by atoms with Crippen molar-refractivity contribution in [2.45, 2.75) is 18.9 Å². The van der Waals surface area contributed by atoms with E-state index in [-0.39, 0.29) is 0 Å². The minimum absolute atomic E-state index is 0.484. The van der Waals surface area contributed by atoms with Crippen LogP contribution in [0.3, 0.4) is 0 Å². The van der Waals surface area contributed by atoms with Crippen LogP contribution in [0, 0.1) is 6.92 Å². The highest BCUT2D eigenvalue weighted by atomic mass is 16.5. The molecule has 0 aliphatic rings. The van der Waals surface area contributed by atoms with Gasteiger partial charge >= 0.3 is 0 Å². The van der Waals surface area contributed by atoms with Gasteiger partial charge in [0.2, 0.25) is 0 Å². The van der Waals surface area contributed by atoms with Crippen molar-refractivity contribution in [2.24, 2.45) is 0 Å². The Morgan fingerprint density at radius 1 is 1.27 bits per heavy atom. The summed E-state index contributed by atoms with van der Waals surface area (Å²) in [6, 6.07) is 5.42. The van der Waals surface area contributed by atoms with Crippen LogP contribution in [-0.2, 0) is 0 Å². The van der Waals surface area contributed by atoms with Gasteiger partial charge in [-0.05, 0) is 24.1 Å². The van der Waals surface area contributed by atoms with Crippen molar-refractivity contribution in [1.29, 1.82) is 0 Å². The molecule has 1 radical (unpaired) electrons. The minimum Gasteiger partial charge on any atom is -0.493 e. The van der Waals surface area contributed by atoms with Crippen LogP contribution in [0.5, 0.6) is 11.5 Å². The second-order valence-corrected chi connectivity index (χ2v) is 3.27. The summed E-state index contributed by atoms with van der Waals surface area (Å²) < 4.78 is 10.3. The molecule has 3 nitrogen and oxygen atoms in total. The Morgan fingerprint density at radius 2 is 1.93 bits per heavy atom. The normalized spacial score (nSPS) is 12.3. The quantitative estimate of drug-likeness (QED) is 0.809. The van der Waals surface area contributed by atoms with Crippen LogP contribution in [0.15, 0.2) is 18.2 Å². The fraction of sp³-hybridized carbons (Fsp3) is 0.417. The summed E-state index contributed by atoms with van der Waals surface area (Å²) in [7, 11) is 3.17. The lowest BCUT2D eigenvalue weighted by Gasteiger charge is -2.13. The van der Waals surface area contributed by atoms with Gasteiger partial charge in [-0.3, -0.25) is 0 Å². The highest BCUT2D eigenvalue weighted by Gasteiger charge is 2.10. The summed E-state index contributed by atoms with van der Waals surface area (Å²) in [5.41, 5.74) is 0.830. The fourth-order valence-electron chi connectivity index (χ4n) is 1.42. The molecular formula is C12H17O3. The van der Waals surface area contributed by atoms with Crippen LogP contribution in [0.25, 0.3) is 0 Å². The highest BCUT2D eigenvalue weighted by Crippen LogP contribution is 2.30. The molecular weight excluding hydrogens is 192 g/mol. The summed E-state index contributed by atoms with van der Waals surface area (Å²) in [4.78, 5) is 0. The molecule has 0 amide bonds. The number of aliphatic hydroxyl groups excluding tert-OH is 1. The summed E-state index contributed by atoms with van der Waals surface area (Å²) >= 11 is 0. The number of ether oxygens (including phenoxy) is 2. The Labute approximate surface area is 90.6 Å². The maximum atomic E-state index is 9.77. The largest absolute Gasteiger partial charge is 0.493 e. The van der Waals surface area contributed by atoms with Crippen molar-refractivity contribution in [2.75, 3.05) is 14.2 Å². The van der Waals surface area contributed by atoms with E-state index in [1.165, 1.54) is 0 Å². The van der Waals surface area contributed by atoms with Crippen LogP contribution < -0.4 is 9.47 Å². The lowest BCUT2D eigenvalue weighted by molar-refractivity contribution is 0.168. The fourth-order valence-corrected chi connectivity index (χ4v) is 1.42. The van der Waals surface area contributed by atoms with E-state index in [2.05, 4.69) is 6.92 Å². The van der Waals surface area contributed by atoms with Crippen molar-refractivity contribution in [3.05, 3.63) is 30.7 Å². The van der Waals surface area contributed by atoms with Gasteiger partial charge in [0, 0.05) is 0 Å². The smallest absolute Gasteiger partial charge is 0.161 e. The maximum absolute atomic E-state index is 9.77. The Hall–Kier alpha value is -1.22. The SMILES string of the molecule is [CH2]CCC(O)c1ccc(OC)c(OC)c1. The first-order chi connectivity index (χ1) is 7.22. The van der Waals surface area contributed by atoms with Gasteiger partial charge in [0.05, 0.1) is 20.3 Å². The molecule has 0 fully saturated rings. The van der Waals surface area contributed by atoms with Gasteiger partial charge in [-0.15, -0.1) is 0 Å². The van der Waals surface area contributed by atoms with E-state index in [0.717, 1.165) is 5.56 Å². The van der Waals surface area contributed by atoms with Gasteiger partial charge in [-0.2, -0.15) is 0 Å². The van der Waals surface area contributed by atoms with Crippen LogP contribution >= 0.6 is 0 Å². The zero-order chi connectivity index (χ0) is 11.3. The van der Waals surface area contributed by atoms with Crippen molar-refractivity contribution >= 4 is 0 Å². The number of aliphatic hydroxyl groups is 1. The van der Waals surface area contributed by atoms with Gasteiger partial charge in [-0.25, -0.2) is 0 Å². The van der Waals surface area contributed by atoms with E-state index in [4.69, 9.17) is 9.47 Å². The lowest BCUT2D eigenvalue weighted by Crippen LogP contribution is -1.98. The first kappa shape index (κ1) is 11.9. The molecule has 0 aliphatic heterocycles. The molecule has 0 bridgehead atoms. The second kappa shape index (κ2) is 5.61. The number of hydrogen-bond donors (Lipinski definition) is 1. The molecule has 1 N–H and O–H groups in total. The monoisotopic (exact) mass is 209 g/mol. The second-order valence-electron chi connectivity index (χ2n) is 3.27. The van der Waals surface area contributed by atoms with Gasteiger partial charge in [-0.1, -0.05) is 19.4 Å². The van der Waals surface area contributed by atoms with Gasteiger partial charge in [0.25, 0.3) is 0 Å². The Kier molecular flexibility index (Phi) is 4.43. The molecule has 83 valence electrons. The Balaban J connectivity index is 2.92. The third-order valence-electron chi connectivity index (χ3n) is 2.27. The van der Waals surface area contributed by atoms with Gasteiger partial charge in [0.1, 0.15) is 0 Å². The standard InChI is InChI=1S/C12H17O3/c1-4-5-10(13)9-6-7-11(14-2)12(8-9)15-3/h6-8,10,13H,1,4-5H2,2-3H3. The first-order valence-electron chi connectivity index (χ1n) is 4.92.